The maximum atomic E-state index is 12.7. The Morgan fingerprint density at radius 3 is 2.85 bits per heavy atom. The van der Waals surface area contributed by atoms with Gasteiger partial charge < -0.3 is 19.5 Å². The minimum atomic E-state index is -0.395. The first-order valence-electron chi connectivity index (χ1n) is 8.86. The summed E-state index contributed by atoms with van der Waals surface area (Å²) in [4.78, 5) is 18.4. The number of ether oxygens (including phenoxy) is 2. The van der Waals surface area contributed by atoms with Gasteiger partial charge in [0.1, 0.15) is 17.1 Å². The lowest BCUT2D eigenvalue weighted by molar-refractivity contribution is -0.0946. The number of fused-ring (bicyclic) bond motifs is 2. The van der Waals surface area contributed by atoms with Gasteiger partial charge in [0, 0.05) is 24.8 Å². The Bertz CT molecular complexity index is 814. The van der Waals surface area contributed by atoms with E-state index in [9.17, 15) is 9.90 Å². The van der Waals surface area contributed by atoms with E-state index in [2.05, 4.69) is 11.1 Å². The monoisotopic (exact) mass is 354 g/mol. The lowest BCUT2D eigenvalue weighted by atomic mass is 9.78. The molecule has 1 amide bonds. The van der Waals surface area contributed by atoms with Crippen molar-refractivity contribution in [1.82, 2.24) is 9.88 Å². The van der Waals surface area contributed by atoms with Crippen molar-refractivity contribution in [2.75, 3.05) is 26.8 Å². The number of aromatic nitrogens is 1. The topological polar surface area (TPSA) is 71.9 Å². The Morgan fingerprint density at radius 2 is 2.12 bits per heavy atom. The van der Waals surface area contributed by atoms with E-state index in [1.165, 1.54) is 24.0 Å². The number of likely N-dealkylation sites (tertiary alicyclic amines) is 1. The average Bonchev–Trinajstić information content (AvgIpc) is 2.68. The normalized spacial score (nSPS) is 18.4. The van der Waals surface area contributed by atoms with Crippen molar-refractivity contribution in [3.05, 3.63) is 53.3 Å². The molecule has 0 bridgehead atoms. The van der Waals surface area contributed by atoms with Crippen LogP contribution in [0.2, 0.25) is 0 Å². The van der Waals surface area contributed by atoms with Gasteiger partial charge in [-0.25, -0.2) is 0 Å². The summed E-state index contributed by atoms with van der Waals surface area (Å²) in [5.74, 6) is 0.747. The molecular formula is C20H22N2O4. The van der Waals surface area contributed by atoms with Crippen LogP contribution in [0.1, 0.15) is 34.3 Å². The van der Waals surface area contributed by atoms with Crippen molar-refractivity contribution >= 4 is 5.91 Å². The van der Waals surface area contributed by atoms with E-state index in [0.717, 1.165) is 30.6 Å². The second-order valence-corrected chi connectivity index (χ2v) is 6.81. The number of methoxy groups -OCH3 is 1. The number of carbonyl (C=O) groups excluding carboxylic acids is 1. The van der Waals surface area contributed by atoms with Crippen LogP contribution >= 0.6 is 0 Å². The Hall–Kier alpha value is -2.60. The molecule has 0 radical (unpaired) electrons. The number of hydrogen-bond donors (Lipinski definition) is 1. The first kappa shape index (κ1) is 16.8. The highest BCUT2D eigenvalue weighted by Crippen LogP contribution is 2.45. The van der Waals surface area contributed by atoms with Crippen LogP contribution in [0.4, 0.5) is 0 Å². The predicted octanol–water partition coefficient (Wildman–Crippen LogP) is 2.50. The highest BCUT2D eigenvalue weighted by Gasteiger charge is 2.43. The summed E-state index contributed by atoms with van der Waals surface area (Å²) in [6.07, 6.45) is 5.13. The molecule has 2 aliphatic heterocycles. The maximum absolute atomic E-state index is 12.7. The molecule has 2 aliphatic rings. The number of hydrogen-bond acceptors (Lipinski definition) is 5. The Labute approximate surface area is 152 Å². The highest BCUT2D eigenvalue weighted by atomic mass is 16.5. The molecule has 136 valence electrons. The van der Waals surface area contributed by atoms with E-state index < -0.39 is 5.60 Å². The van der Waals surface area contributed by atoms with Crippen molar-refractivity contribution in [2.24, 2.45) is 0 Å². The summed E-state index contributed by atoms with van der Waals surface area (Å²) in [5.41, 5.74) is 2.42. The molecule has 6 nitrogen and oxygen atoms in total. The van der Waals surface area contributed by atoms with Crippen molar-refractivity contribution < 1.29 is 19.4 Å². The molecule has 2 aromatic rings. The van der Waals surface area contributed by atoms with E-state index in [1.807, 2.05) is 12.1 Å². The number of pyridine rings is 1. The van der Waals surface area contributed by atoms with E-state index in [4.69, 9.17) is 9.47 Å². The highest BCUT2D eigenvalue weighted by molar-refractivity contribution is 5.94. The van der Waals surface area contributed by atoms with Gasteiger partial charge in [0.05, 0.1) is 25.5 Å². The van der Waals surface area contributed by atoms with Crippen LogP contribution in [0.5, 0.6) is 11.5 Å². The molecule has 1 saturated heterocycles. The van der Waals surface area contributed by atoms with Crippen LogP contribution in [0.3, 0.4) is 0 Å². The zero-order valence-corrected chi connectivity index (χ0v) is 14.8. The molecule has 1 spiro atoms. The average molecular weight is 354 g/mol. The van der Waals surface area contributed by atoms with Crippen LogP contribution in [0.25, 0.3) is 0 Å². The molecule has 0 atom stereocenters. The number of benzene rings is 1. The van der Waals surface area contributed by atoms with E-state index in [0.29, 0.717) is 25.3 Å². The third-order valence-corrected chi connectivity index (χ3v) is 5.37. The van der Waals surface area contributed by atoms with Crippen LogP contribution in [-0.4, -0.2) is 47.7 Å². The zero-order valence-electron chi connectivity index (χ0n) is 14.8. The van der Waals surface area contributed by atoms with Gasteiger partial charge in [-0.05, 0) is 37.0 Å². The molecule has 0 saturated carbocycles. The van der Waals surface area contributed by atoms with Gasteiger partial charge in [-0.2, -0.15) is 0 Å². The van der Waals surface area contributed by atoms with E-state index in [-0.39, 0.29) is 11.7 Å². The largest absolute Gasteiger partial charge is 0.506 e. The van der Waals surface area contributed by atoms with Crippen molar-refractivity contribution in [2.45, 2.75) is 24.9 Å². The first-order valence-corrected chi connectivity index (χ1v) is 8.86. The Morgan fingerprint density at radius 1 is 1.31 bits per heavy atom. The molecule has 4 rings (SSSR count). The van der Waals surface area contributed by atoms with Crippen molar-refractivity contribution in [3.63, 3.8) is 0 Å². The predicted molar refractivity (Wildman–Crippen MR) is 95.4 cm³/mol. The smallest absolute Gasteiger partial charge is 0.255 e. The summed E-state index contributed by atoms with van der Waals surface area (Å²) < 4.78 is 11.9. The third-order valence-electron chi connectivity index (χ3n) is 5.37. The summed E-state index contributed by atoms with van der Waals surface area (Å²) in [7, 11) is 1.69. The fourth-order valence-corrected chi connectivity index (χ4v) is 4.09. The molecule has 26 heavy (non-hydrogen) atoms. The minimum absolute atomic E-state index is 0.00129. The van der Waals surface area contributed by atoms with Crippen molar-refractivity contribution in [1.29, 1.82) is 0 Å². The molecule has 0 aliphatic carbocycles. The lowest BCUT2D eigenvalue weighted by Crippen LogP contribution is -2.48. The van der Waals surface area contributed by atoms with Crippen molar-refractivity contribution in [3.8, 4) is 11.5 Å². The number of nitrogens with zero attached hydrogens (tertiary/aromatic N) is 2. The second-order valence-electron chi connectivity index (χ2n) is 6.81. The molecule has 1 aromatic carbocycles. The maximum Gasteiger partial charge on any atom is 0.255 e. The lowest BCUT2D eigenvalue weighted by Gasteiger charge is -2.45. The van der Waals surface area contributed by atoms with Gasteiger partial charge in [-0.15, -0.1) is 0 Å². The van der Waals surface area contributed by atoms with Crippen LogP contribution in [0.15, 0.2) is 36.7 Å². The number of rotatable bonds is 2. The number of amides is 1. The zero-order chi connectivity index (χ0) is 18.1. The Kier molecular flexibility index (Phi) is 4.28. The summed E-state index contributed by atoms with van der Waals surface area (Å²) >= 11 is 0. The quantitative estimate of drug-likeness (QED) is 0.897. The third kappa shape index (κ3) is 2.80. The van der Waals surface area contributed by atoms with Gasteiger partial charge in [0.2, 0.25) is 0 Å². The van der Waals surface area contributed by atoms with Gasteiger partial charge in [0.15, 0.2) is 0 Å². The molecule has 0 unspecified atom stereocenters. The number of aromatic hydroxyl groups is 1. The second kappa shape index (κ2) is 6.61. The van der Waals surface area contributed by atoms with Gasteiger partial charge >= 0.3 is 0 Å². The fraction of sp³-hybridized carbons (Fsp3) is 0.400. The van der Waals surface area contributed by atoms with E-state index in [1.54, 1.807) is 12.0 Å². The van der Waals surface area contributed by atoms with E-state index >= 15 is 0 Å². The summed E-state index contributed by atoms with van der Waals surface area (Å²) in [6.45, 7) is 1.86. The molecule has 3 heterocycles. The molecule has 6 heteroatoms. The summed E-state index contributed by atoms with van der Waals surface area (Å²) in [5, 5.41) is 9.56. The fourth-order valence-electron chi connectivity index (χ4n) is 4.09. The Balaban J connectivity index is 1.57. The van der Waals surface area contributed by atoms with Crippen LogP contribution in [-0.2, 0) is 16.8 Å². The molecule has 1 aromatic heterocycles. The molecule has 1 fully saturated rings. The van der Waals surface area contributed by atoms with Crippen LogP contribution < -0.4 is 4.74 Å². The van der Waals surface area contributed by atoms with Crippen LogP contribution in [0, 0.1) is 0 Å². The molecule has 1 N–H and O–H groups in total. The number of piperidine rings is 1. The summed E-state index contributed by atoms with van der Waals surface area (Å²) in [6, 6.07) is 7.59. The minimum Gasteiger partial charge on any atom is -0.506 e. The number of carbonyl (C=O) groups is 1. The first-order chi connectivity index (χ1) is 12.6. The molecular weight excluding hydrogens is 332 g/mol. The van der Waals surface area contributed by atoms with Gasteiger partial charge in [0.25, 0.3) is 5.91 Å². The van der Waals surface area contributed by atoms with Gasteiger partial charge in [-0.1, -0.05) is 12.1 Å². The standard InChI is InChI=1S/C20H22N2O4/c1-25-17-4-2-3-14-5-10-26-20(18(14)17)6-8-22(9-7-20)19(24)15-11-16(23)13-21-12-15/h2-4,11-13,23H,5-10H2,1H3. The SMILES string of the molecule is COc1cccc2c1C1(CCN(C(=O)c3cncc(O)c3)CC1)OCC2. The van der Waals surface area contributed by atoms with Gasteiger partial charge in [-0.3, -0.25) is 9.78 Å².